The summed E-state index contributed by atoms with van der Waals surface area (Å²) in [7, 11) is 0. The summed E-state index contributed by atoms with van der Waals surface area (Å²) >= 11 is 0. The van der Waals surface area contributed by atoms with Crippen molar-refractivity contribution >= 4 is 11.5 Å². The summed E-state index contributed by atoms with van der Waals surface area (Å²) < 4.78 is 0. The van der Waals surface area contributed by atoms with E-state index in [1.165, 1.54) is 11.8 Å². The molecule has 0 saturated heterocycles. The summed E-state index contributed by atoms with van der Waals surface area (Å²) in [6.07, 6.45) is 5.91. The van der Waals surface area contributed by atoms with Gasteiger partial charge in [0.2, 0.25) is 0 Å². The Kier molecular flexibility index (Phi) is 3.72. The fourth-order valence-electron chi connectivity index (χ4n) is 1.58. The smallest absolute Gasteiger partial charge is 0.144 e. The van der Waals surface area contributed by atoms with Gasteiger partial charge in [-0.15, -0.1) is 0 Å². The molecule has 90 valence electrons. The van der Waals surface area contributed by atoms with Gasteiger partial charge in [-0.3, -0.25) is 4.98 Å². The largest absolute Gasteiger partial charge is 0.397 e. The van der Waals surface area contributed by atoms with E-state index in [-0.39, 0.29) is 0 Å². The number of nitrogen functional groups attached to an aromatic ring is 1. The maximum Gasteiger partial charge on any atom is 0.144 e. The molecule has 2 aromatic heterocycles. The third-order valence-electron chi connectivity index (χ3n) is 2.48. The highest BCUT2D eigenvalue weighted by molar-refractivity contribution is 5.57. The topological polar surface area (TPSA) is 87.6 Å². The molecule has 0 bridgehead atoms. The Morgan fingerprint density at radius 1 is 1.33 bits per heavy atom. The summed E-state index contributed by atoms with van der Waals surface area (Å²) in [4.78, 5) is 8.07. The molecule has 0 fully saturated rings. The van der Waals surface area contributed by atoms with Crippen LogP contribution in [0.25, 0.3) is 0 Å². The molecule has 0 radical (unpaired) electrons. The molecule has 0 aliphatic carbocycles. The summed E-state index contributed by atoms with van der Waals surface area (Å²) in [6.45, 7) is 0.704. The van der Waals surface area contributed by atoms with Gasteiger partial charge < -0.3 is 11.1 Å². The molecule has 2 heterocycles. The number of hydrogen-bond acceptors (Lipinski definition) is 5. The van der Waals surface area contributed by atoms with Crippen LogP contribution in [0.3, 0.4) is 0 Å². The molecule has 2 rings (SSSR count). The molecule has 0 unspecified atom stereocenters. The zero-order valence-corrected chi connectivity index (χ0v) is 9.80. The Hall–Kier alpha value is -2.61. The van der Waals surface area contributed by atoms with Crippen molar-refractivity contribution in [2.24, 2.45) is 0 Å². The second-order valence-corrected chi connectivity index (χ2v) is 3.81. The van der Waals surface area contributed by atoms with Gasteiger partial charge in [0.05, 0.1) is 17.4 Å². The van der Waals surface area contributed by atoms with Gasteiger partial charge in [-0.2, -0.15) is 5.26 Å². The fraction of sp³-hybridized carbons (Fsp3) is 0.154. The highest BCUT2D eigenvalue weighted by atomic mass is 15.0. The lowest BCUT2D eigenvalue weighted by Crippen LogP contribution is -2.08. The summed E-state index contributed by atoms with van der Waals surface area (Å²) in [6, 6.07) is 7.61. The van der Waals surface area contributed by atoms with Crippen LogP contribution in [0.5, 0.6) is 0 Å². The first-order valence-electron chi connectivity index (χ1n) is 5.58. The third kappa shape index (κ3) is 2.95. The Morgan fingerprint density at radius 2 is 2.11 bits per heavy atom. The first kappa shape index (κ1) is 11.9. The molecule has 2 aromatic rings. The minimum absolute atomic E-state index is 0.463. The predicted molar refractivity (Wildman–Crippen MR) is 69.8 cm³/mol. The van der Waals surface area contributed by atoms with Crippen molar-refractivity contribution in [1.82, 2.24) is 9.97 Å². The number of pyridine rings is 2. The van der Waals surface area contributed by atoms with E-state index < -0.39 is 0 Å². The minimum Gasteiger partial charge on any atom is -0.397 e. The van der Waals surface area contributed by atoms with Crippen LogP contribution < -0.4 is 11.1 Å². The quantitative estimate of drug-likeness (QED) is 0.845. The van der Waals surface area contributed by atoms with Crippen LogP contribution in [0, 0.1) is 11.3 Å². The molecule has 0 saturated carbocycles. The second kappa shape index (κ2) is 5.64. The van der Waals surface area contributed by atoms with Gasteiger partial charge in [0.15, 0.2) is 0 Å². The van der Waals surface area contributed by atoms with Crippen molar-refractivity contribution in [2.75, 3.05) is 17.6 Å². The van der Waals surface area contributed by atoms with Crippen molar-refractivity contribution in [1.29, 1.82) is 5.26 Å². The molecule has 18 heavy (non-hydrogen) atoms. The lowest BCUT2D eigenvalue weighted by Gasteiger charge is -2.07. The van der Waals surface area contributed by atoms with Crippen LogP contribution in [0.2, 0.25) is 0 Å². The number of nitrogens with one attached hydrogen (secondary N) is 1. The summed E-state index contributed by atoms with van der Waals surface area (Å²) in [5.41, 5.74) is 7.72. The lowest BCUT2D eigenvalue weighted by molar-refractivity contribution is 0.999. The van der Waals surface area contributed by atoms with E-state index in [9.17, 15) is 0 Å². The molecule has 0 aliphatic heterocycles. The summed E-state index contributed by atoms with van der Waals surface area (Å²) in [5, 5.41) is 12.1. The number of rotatable bonds is 4. The molecular formula is C13H13N5. The number of aromatic nitrogens is 2. The average molecular weight is 239 g/mol. The Morgan fingerprint density at radius 3 is 2.83 bits per heavy atom. The van der Waals surface area contributed by atoms with Gasteiger partial charge >= 0.3 is 0 Å². The Bertz CT molecular complexity index is 559. The summed E-state index contributed by atoms with van der Waals surface area (Å²) in [5.74, 6) is 0.570. The Labute approximate surface area is 105 Å². The first-order chi connectivity index (χ1) is 8.79. The zero-order chi connectivity index (χ0) is 12.8. The molecule has 0 amide bonds. The van der Waals surface area contributed by atoms with Crippen LogP contribution in [0.1, 0.15) is 11.1 Å². The van der Waals surface area contributed by atoms with Crippen LogP contribution >= 0.6 is 0 Å². The van der Waals surface area contributed by atoms with E-state index in [0.29, 0.717) is 23.6 Å². The van der Waals surface area contributed by atoms with Crippen LogP contribution in [0.15, 0.2) is 36.8 Å². The van der Waals surface area contributed by atoms with E-state index in [2.05, 4.69) is 21.4 Å². The maximum atomic E-state index is 8.97. The molecule has 5 nitrogen and oxygen atoms in total. The van der Waals surface area contributed by atoms with E-state index >= 15 is 0 Å². The molecule has 0 aromatic carbocycles. The standard InChI is InChI=1S/C13H13N5/c14-8-11-7-12(15)9-18-13(11)17-6-3-10-1-4-16-5-2-10/h1-2,4-5,7,9H,3,6,15H2,(H,17,18). The molecule has 5 heteroatoms. The molecule has 3 N–H and O–H groups in total. The maximum absolute atomic E-state index is 8.97. The van der Waals surface area contributed by atoms with Crippen LogP contribution in [0.4, 0.5) is 11.5 Å². The lowest BCUT2D eigenvalue weighted by atomic mass is 10.2. The number of nitrogens with two attached hydrogens (primary N) is 1. The van der Waals surface area contributed by atoms with Gasteiger partial charge in [-0.25, -0.2) is 4.98 Å². The number of nitrogens with zero attached hydrogens (tertiary/aromatic N) is 3. The van der Waals surface area contributed by atoms with Crippen LogP contribution in [-0.4, -0.2) is 16.5 Å². The van der Waals surface area contributed by atoms with Crippen molar-refractivity contribution < 1.29 is 0 Å². The zero-order valence-electron chi connectivity index (χ0n) is 9.80. The van der Waals surface area contributed by atoms with E-state index in [0.717, 1.165) is 6.42 Å². The third-order valence-corrected chi connectivity index (χ3v) is 2.48. The van der Waals surface area contributed by atoms with Crippen molar-refractivity contribution in [2.45, 2.75) is 6.42 Å². The van der Waals surface area contributed by atoms with Gasteiger partial charge in [0.25, 0.3) is 0 Å². The number of anilines is 2. The van der Waals surface area contributed by atoms with Gasteiger partial charge in [-0.05, 0) is 30.2 Å². The highest BCUT2D eigenvalue weighted by Crippen LogP contribution is 2.14. The van der Waals surface area contributed by atoms with Crippen molar-refractivity contribution in [3.05, 3.63) is 47.9 Å². The van der Waals surface area contributed by atoms with Gasteiger partial charge in [0, 0.05) is 18.9 Å². The molecule has 0 spiro atoms. The van der Waals surface area contributed by atoms with Gasteiger partial charge in [-0.1, -0.05) is 0 Å². The first-order valence-corrected chi connectivity index (χ1v) is 5.58. The molecule has 0 atom stereocenters. The fourth-order valence-corrected chi connectivity index (χ4v) is 1.58. The van der Waals surface area contributed by atoms with Crippen molar-refractivity contribution in [3.63, 3.8) is 0 Å². The normalized spacial score (nSPS) is 9.72. The van der Waals surface area contributed by atoms with E-state index in [1.807, 2.05) is 12.1 Å². The number of hydrogen-bond donors (Lipinski definition) is 2. The SMILES string of the molecule is N#Cc1cc(N)cnc1NCCc1ccncc1. The van der Waals surface area contributed by atoms with E-state index in [1.54, 1.807) is 18.5 Å². The van der Waals surface area contributed by atoms with E-state index in [4.69, 9.17) is 11.0 Å². The Balaban J connectivity index is 1.97. The highest BCUT2D eigenvalue weighted by Gasteiger charge is 2.03. The molecule has 0 aliphatic rings. The van der Waals surface area contributed by atoms with Crippen LogP contribution in [-0.2, 0) is 6.42 Å². The average Bonchev–Trinajstić information content (AvgIpc) is 2.41. The van der Waals surface area contributed by atoms with Gasteiger partial charge in [0.1, 0.15) is 11.9 Å². The minimum atomic E-state index is 0.463. The van der Waals surface area contributed by atoms with Crippen molar-refractivity contribution in [3.8, 4) is 6.07 Å². The molecular weight excluding hydrogens is 226 g/mol. The number of nitriles is 1. The second-order valence-electron chi connectivity index (χ2n) is 3.81. The monoisotopic (exact) mass is 239 g/mol. The predicted octanol–water partition coefficient (Wildman–Crippen LogP) is 1.59.